The van der Waals surface area contributed by atoms with E-state index >= 15 is 0 Å². The SMILES string of the molecule is CCCC1CC(=C2c3ccccc3C=Cc3ccc(SC(F)(F)F)cc32)CCN1C. The van der Waals surface area contributed by atoms with E-state index in [0.29, 0.717) is 6.04 Å². The topological polar surface area (TPSA) is 3.24 Å². The monoisotopic (exact) mass is 429 g/mol. The van der Waals surface area contributed by atoms with Crippen LogP contribution in [0.1, 0.15) is 54.9 Å². The third-order valence-corrected chi connectivity index (χ3v) is 6.77. The molecular weight excluding hydrogens is 403 g/mol. The summed E-state index contributed by atoms with van der Waals surface area (Å²) in [5, 5.41) is 0. The van der Waals surface area contributed by atoms with Crippen molar-refractivity contribution in [3.8, 4) is 0 Å². The molecule has 1 aliphatic heterocycles. The van der Waals surface area contributed by atoms with Crippen LogP contribution in [-0.2, 0) is 0 Å². The van der Waals surface area contributed by atoms with Gasteiger partial charge in [0.15, 0.2) is 0 Å². The van der Waals surface area contributed by atoms with Crippen LogP contribution in [0.25, 0.3) is 17.7 Å². The Morgan fingerprint density at radius 3 is 2.50 bits per heavy atom. The molecule has 0 spiro atoms. The highest BCUT2D eigenvalue weighted by Crippen LogP contribution is 2.43. The molecule has 0 amide bonds. The Balaban J connectivity index is 1.88. The fraction of sp³-hybridized carbons (Fsp3) is 0.360. The fourth-order valence-electron chi connectivity index (χ4n) is 4.59. The number of fused-ring (bicyclic) bond motifs is 2. The summed E-state index contributed by atoms with van der Waals surface area (Å²) in [4.78, 5) is 2.66. The van der Waals surface area contributed by atoms with Crippen LogP contribution in [-0.4, -0.2) is 30.0 Å². The minimum atomic E-state index is -4.29. The summed E-state index contributed by atoms with van der Waals surface area (Å²) in [5.74, 6) is 0. The van der Waals surface area contributed by atoms with Crippen molar-refractivity contribution in [3.63, 3.8) is 0 Å². The van der Waals surface area contributed by atoms with Gasteiger partial charge in [-0.1, -0.05) is 61.4 Å². The van der Waals surface area contributed by atoms with Gasteiger partial charge in [0.05, 0.1) is 0 Å². The van der Waals surface area contributed by atoms with E-state index in [1.165, 1.54) is 5.57 Å². The Bertz CT molecular complexity index is 990. The first kappa shape index (κ1) is 21.3. The normalized spacial score (nSPS) is 21.8. The van der Waals surface area contributed by atoms with Gasteiger partial charge < -0.3 is 4.90 Å². The van der Waals surface area contributed by atoms with Crippen LogP contribution in [0.2, 0.25) is 0 Å². The molecule has 1 aliphatic carbocycles. The molecule has 1 atom stereocenters. The minimum absolute atomic E-state index is 0.0355. The van der Waals surface area contributed by atoms with Crippen molar-refractivity contribution >= 4 is 29.5 Å². The van der Waals surface area contributed by atoms with Gasteiger partial charge in [0.2, 0.25) is 0 Å². The number of rotatable bonds is 3. The number of piperidine rings is 1. The van der Waals surface area contributed by atoms with Crippen molar-refractivity contribution in [2.75, 3.05) is 13.6 Å². The third-order valence-electron chi connectivity index (χ3n) is 6.05. The Morgan fingerprint density at radius 1 is 1.03 bits per heavy atom. The molecule has 0 radical (unpaired) electrons. The number of hydrogen-bond acceptors (Lipinski definition) is 2. The Hall–Kier alpha value is -1.98. The Kier molecular flexibility index (Phi) is 6.12. The average molecular weight is 430 g/mol. The molecular formula is C25H26F3NS. The highest BCUT2D eigenvalue weighted by Gasteiger charge is 2.31. The maximum atomic E-state index is 13.1. The highest BCUT2D eigenvalue weighted by atomic mass is 32.2. The summed E-state index contributed by atoms with van der Waals surface area (Å²) < 4.78 is 39.2. The van der Waals surface area contributed by atoms with Crippen molar-refractivity contribution in [2.24, 2.45) is 0 Å². The lowest BCUT2D eigenvalue weighted by Crippen LogP contribution is -2.37. The van der Waals surface area contributed by atoms with Gasteiger partial charge >= 0.3 is 5.51 Å². The lowest BCUT2D eigenvalue weighted by atomic mass is 9.83. The number of thioether (sulfide) groups is 1. The van der Waals surface area contributed by atoms with Gasteiger partial charge in [-0.15, -0.1) is 0 Å². The van der Waals surface area contributed by atoms with E-state index in [4.69, 9.17) is 0 Å². The van der Waals surface area contributed by atoms with Crippen LogP contribution < -0.4 is 0 Å². The molecule has 1 unspecified atom stereocenters. The zero-order valence-corrected chi connectivity index (χ0v) is 18.1. The highest BCUT2D eigenvalue weighted by molar-refractivity contribution is 8.00. The summed E-state index contributed by atoms with van der Waals surface area (Å²) in [7, 11) is 2.18. The van der Waals surface area contributed by atoms with Crippen LogP contribution in [0.5, 0.6) is 0 Å². The lowest BCUT2D eigenvalue weighted by Gasteiger charge is -2.35. The van der Waals surface area contributed by atoms with Gasteiger partial charge in [-0.25, -0.2) is 0 Å². The van der Waals surface area contributed by atoms with Crippen molar-refractivity contribution in [1.29, 1.82) is 0 Å². The average Bonchev–Trinajstić information content (AvgIpc) is 2.85. The summed E-state index contributed by atoms with van der Waals surface area (Å²) >= 11 is -0.0355. The van der Waals surface area contributed by atoms with Gasteiger partial charge in [-0.2, -0.15) is 13.2 Å². The van der Waals surface area contributed by atoms with Gasteiger partial charge in [0.25, 0.3) is 0 Å². The zero-order valence-electron chi connectivity index (χ0n) is 17.3. The number of hydrogen-bond donors (Lipinski definition) is 0. The smallest absolute Gasteiger partial charge is 0.303 e. The summed E-state index contributed by atoms with van der Waals surface area (Å²) in [6.45, 7) is 3.18. The molecule has 2 aliphatic rings. The standard InChI is InChI=1S/C25H26F3NS/c1-3-6-20-15-19(13-14-29(20)2)24-22-8-5-4-7-17(22)9-10-18-11-12-21(16-23(18)24)30-25(26,27)28/h4-5,7-12,16,20H,3,6,13-15H2,1-2H3. The number of benzene rings is 2. The predicted octanol–water partition coefficient (Wildman–Crippen LogP) is 7.48. The van der Waals surface area contributed by atoms with Crippen molar-refractivity contribution in [3.05, 3.63) is 70.3 Å². The van der Waals surface area contributed by atoms with Crippen LogP contribution in [0.4, 0.5) is 13.2 Å². The van der Waals surface area contributed by atoms with Gasteiger partial charge in [-0.05, 0) is 78.0 Å². The Labute approximate surface area is 180 Å². The van der Waals surface area contributed by atoms with E-state index in [1.807, 2.05) is 24.3 Å². The van der Waals surface area contributed by atoms with E-state index in [9.17, 15) is 13.2 Å². The first-order chi connectivity index (χ1) is 14.4. The minimum Gasteiger partial charge on any atom is -0.303 e. The number of halogens is 3. The van der Waals surface area contributed by atoms with Gasteiger partial charge in [-0.3, -0.25) is 0 Å². The zero-order chi connectivity index (χ0) is 21.3. The van der Waals surface area contributed by atoms with Gasteiger partial charge in [0.1, 0.15) is 0 Å². The molecule has 2 aromatic carbocycles. The second-order valence-corrected chi connectivity index (χ2v) is 9.21. The number of alkyl halides is 3. The molecule has 1 nitrogen and oxygen atoms in total. The van der Waals surface area contributed by atoms with Crippen molar-refractivity contribution < 1.29 is 13.2 Å². The lowest BCUT2D eigenvalue weighted by molar-refractivity contribution is -0.0328. The van der Waals surface area contributed by atoms with Crippen LogP contribution in [0, 0.1) is 0 Å². The molecule has 0 aromatic heterocycles. The van der Waals surface area contributed by atoms with E-state index < -0.39 is 5.51 Å². The maximum Gasteiger partial charge on any atom is 0.446 e. The second kappa shape index (κ2) is 8.64. The quantitative estimate of drug-likeness (QED) is 0.397. The predicted molar refractivity (Wildman–Crippen MR) is 120 cm³/mol. The summed E-state index contributed by atoms with van der Waals surface area (Å²) in [5.41, 5.74) is 2.33. The summed E-state index contributed by atoms with van der Waals surface area (Å²) in [6.07, 6.45) is 8.27. The molecule has 5 heteroatoms. The number of nitrogens with zero attached hydrogens (tertiary/aromatic N) is 1. The molecule has 1 heterocycles. The molecule has 1 saturated heterocycles. The molecule has 0 bridgehead atoms. The fourth-order valence-corrected chi connectivity index (χ4v) is 5.17. The molecule has 158 valence electrons. The Morgan fingerprint density at radius 2 is 1.77 bits per heavy atom. The molecule has 4 rings (SSSR count). The largest absolute Gasteiger partial charge is 0.446 e. The molecule has 1 fully saturated rings. The van der Waals surface area contributed by atoms with E-state index in [0.717, 1.165) is 60.1 Å². The van der Waals surface area contributed by atoms with E-state index in [1.54, 1.807) is 12.1 Å². The second-order valence-electron chi connectivity index (χ2n) is 8.07. The number of likely N-dealkylation sites (tertiary alicyclic amines) is 1. The van der Waals surface area contributed by atoms with E-state index in [2.05, 4.69) is 37.1 Å². The third kappa shape index (κ3) is 4.52. The molecule has 0 N–H and O–H groups in total. The first-order valence-corrected chi connectivity index (χ1v) is 11.3. The van der Waals surface area contributed by atoms with Crippen molar-refractivity contribution in [2.45, 2.75) is 49.1 Å². The van der Waals surface area contributed by atoms with E-state index in [-0.39, 0.29) is 16.7 Å². The maximum absolute atomic E-state index is 13.1. The van der Waals surface area contributed by atoms with Crippen molar-refractivity contribution in [1.82, 2.24) is 4.90 Å². The summed E-state index contributed by atoms with van der Waals surface area (Å²) in [6, 6.07) is 13.8. The first-order valence-electron chi connectivity index (χ1n) is 10.5. The molecule has 0 saturated carbocycles. The van der Waals surface area contributed by atoms with Crippen LogP contribution >= 0.6 is 11.8 Å². The van der Waals surface area contributed by atoms with Crippen LogP contribution in [0.3, 0.4) is 0 Å². The molecule has 2 aromatic rings. The molecule has 30 heavy (non-hydrogen) atoms. The van der Waals surface area contributed by atoms with Gasteiger partial charge in [0, 0.05) is 17.5 Å². The van der Waals surface area contributed by atoms with Crippen LogP contribution in [0.15, 0.2) is 52.9 Å².